The van der Waals surface area contributed by atoms with Crippen LogP contribution in [0.25, 0.3) is 10.9 Å². The van der Waals surface area contributed by atoms with Crippen LogP contribution in [-0.4, -0.2) is 16.2 Å². The Kier molecular flexibility index (Phi) is 2.55. The van der Waals surface area contributed by atoms with Gasteiger partial charge in [-0.25, -0.2) is 0 Å². The van der Waals surface area contributed by atoms with Gasteiger partial charge in [0.1, 0.15) is 0 Å². The number of aryl methyl sites for hydroxylation is 1. The molecule has 1 unspecified atom stereocenters. The Bertz CT molecular complexity index is 417. The van der Waals surface area contributed by atoms with Gasteiger partial charge in [0, 0.05) is 11.7 Å². The average Bonchev–Trinajstić information content (AvgIpc) is 2.61. The van der Waals surface area contributed by atoms with E-state index in [0.29, 0.717) is 0 Å². The van der Waals surface area contributed by atoms with Crippen LogP contribution in [-0.2, 0) is 6.42 Å². The van der Waals surface area contributed by atoms with Crippen molar-refractivity contribution in [2.24, 2.45) is 0 Å². The second-order valence-electron chi connectivity index (χ2n) is 3.79. The van der Waals surface area contributed by atoms with E-state index >= 15 is 0 Å². The van der Waals surface area contributed by atoms with Crippen molar-refractivity contribution in [1.82, 2.24) is 4.98 Å². The summed E-state index contributed by atoms with van der Waals surface area (Å²) in [5.41, 5.74) is 2.46. The largest absolute Gasteiger partial charge is 0.393 e. The minimum absolute atomic E-state index is 0.211. The Morgan fingerprint density at radius 3 is 3.00 bits per heavy atom. The Morgan fingerprint density at radius 2 is 2.21 bits per heavy atom. The van der Waals surface area contributed by atoms with Crippen LogP contribution < -0.4 is 0 Å². The van der Waals surface area contributed by atoms with Crippen LogP contribution in [0.2, 0.25) is 0 Å². The predicted octanol–water partition coefficient (Wildman–Crippen LogP) is 2.48. The number of hydrogen-bond acceptors (Lipinski definition) is 1. The molecule has 0 aliphatic rings. The van der Waals surface area contributed by atoms with Crippen molar-refractivity contribution in [3.63, 3.8) is 0 Å². The molecule has 2 heteroatoms. The first-order chi connectivity index (χ1) is 6.75. The normalized spacial score (nSPS) is 13.3. The number of rotatable bonds is 3. The third-order valence-corrected chi connectivity index (χ3v) is 2.47. The Balaban J connectivity index is 2.17. The fourth-order valence-electron chi connectivity index (χ4n) is 1.63. The zero-order chi connectivity index (χ0) is 9.97. The van der Waals surface area contributed by atoms with E-state index in [-0.39, 0.29) is 6.10 Å². The first kappa shape index (κ1) is 9.28. The highest BCUT2D eigenvalue weighted by Crippen LogP contribution is 2.15. The number of aliphatic hydroxyl groups is 1. The second-order valence-corrected chi connectivity index (χ2v) is 3.79. The second kappa shape index (κ2) is 3.84. The zero-order valence-corrected chi connectivity index (χ0v) is 8.33. The summed E-state index contributed by atoms with van der Waals surface area (Å²) in [4.78, 5) is 3.16. The summed E-state index contributed by atoms with van der Waals surface area (Å²) < 4.78 is 0. The maximum absolute atomic E-state index is 9.18. The molecule has 1 aromatic heterocycles. The van der Waals surface area contributed by atoms with Gasteiger partial charge < -0.3 is 10.1 Å². The molecule has 2 aromatic rings. The third kappa shape index (κ3) is 1.96. The topological polar surface area (TPSA) is 36.0 Å². The molecule has 0 spiro atoms. The fraction of sp³-hybridized carbons (Fsp3) is 0.333. The van der Waals surface area contributed by atoms with Gasteiger partial charge in [0.25, 0.3) is 0 Å². The predicted molar refractivity (Wildman–Crippen MR) is 58.3 cm³/mol. The van der Waals surface area contributed by atoms with Gasteiger partial charge in [-0.3, -0.25) is 0 Å². The summed E-state index contributed by atoms with van der Waals surface area (Å²) in [6.07, 6.45) is 3.51. The molecule has 1 aromatic carbocycles. The van der Waals surface area contributed by atoms with Gasteiger partial charge >= 0.3 is 0 Å². The van der Waals surface area contributed by atoms with Crippen molar-refractivity contribution < 1.29 is 5.11 Å². The Labute approximate surface area is 83.6 Å². The van der Waals surface area contributed by atoms with Crippen LogP contribution in [0.4, 0.5) is 0 Å². The highest BCUT2D eigenvalue weighted by Gasteiger charge is 1.99. The SMILES string of the molecule is CC(O)CCc1ccc2[nH]ccc2c1. The smallest absolute Gasteiger partial charge is 0.0515 e. The Hall–Kier alpha value is -1.28. The lowest BCUT2D eigenvalue weighted by Gasteiger charge is -2.04. The molecule has 1 heterocycles. The molecule has 0 aliphatic heterocycles. The molecule has 0 amide bonds. The molecule has 0 bridgehead atoms. The quantitative estimate of drug-likeness (QED) is 0.764. The summed E-state index contributed by atoms with van der Waals surface area (Å²) >= 11 is 0. The summed E-state index contributed by atoms with van der Waals surface area (Å²) in [5, 5.41) is 10.4. The number of aromatic amines is 1. The van der Waals surface area contributed by atoms with Crippen LogP contribution in [0.1, 0.15) is 18.9 Å². The van der Waals surface area contributed by atoms with Gasteiger partial charge in [-0.1, -0.05) is 6.07 Å². The summed E-state index contributed by atoms with van der Waals surface area (Å²) in [6.45, 7) is 1.83. The Morgan fingerprint density at radius 1 is 1.36 bits per heavy atom. The molecule has 0 saturated heterocycles. The van der Waals surface area contributed by atoms with E-state index in [2.05, 4.69) is 29.2 Å². The molecular formula is C12H15NO. The van der Waals surface area contributed by atoms with E-state index in [0.717, 1.165) is 12.8 Å². The maximum atomic E-state index is 9.18. The molecule has 2 rings (SSSR count). The van der Waals surface area contributed by atoms with Crippen LogP contribution in [0.3, 0.4) is 0 Å². The molecule has 1 atom stereocenters. The average molecular weight is 189 g/mol. The molecule has 14 heavy (non-hydrogen) atoms. The number of nitrogens with one attached hydrogen (secondary N) is 1. The lowest BCUT2D eigenvalue weighted by molar-refractivity contribution is 0.185. The molecule has 0 radical (unpaired) electrons. The minimum Gasteiger partial charge on any atom is -0.393 e. The van der Waals surface area contributed by atoms with Gasteiger partial charge in [-0.05, 0) is 48.9 Å². The number of fused-ring (bicyclic) bond motifs is 1. The first-order valence-corrected chi connectivity index (χ1v) is 5.00. The number of benzene rings is 1. The van der Waals surface area contributed by atoms with Crippen LogP contribution >= 0.6 is 0 Å². The molecule has 2 nitrogen and oxygen atoms in total. The monoisotopic (exact) mass is 189 g/mol. The number of hydrogen-bond donors (Lipinski definition) is 2. The molecule has 0 aliphatic carbocycles. The number of aromatic nitrogens is 1. The van der Waals surface area contributed by atoms with Crippen molar-refractivity contribution in [2.45, 2.75) is 25.9 Å². The summed E-state index contributed by atoms with van der Waals surface area (Å²) in [7, 11) is 0. The summed E-state index contributed by atoms with van der Waals surface area (Å²) in [5.74, 6) is 0. The van der Waals surface area contributed by atoms with E-state index in [9.17, 15) is 5.11 Å². The maximum Gasteiger partial charge on any atom is 0.0515 e. The zero-order valence-electron chi connectivity index (χ0n) is 8.33. The highest BCUT2D eigenvalue weighted by atomic mass is 16.3. The van der Waals surface area contributed by atoms with E-state index in [1.807, 2.05) is 13.1 Å². The van der Waals surface area contributed by atoms with Crippen molar-refractivity contribution >= 4 is 10.9 Å². The third-order valence-electron chi connectivity index (χ3n) is 2.47. The van der Waals surface area contributed by atoms with Crippen molar-refractivity contribution in [1.29, 1.82) is 0 Å². The van der Waals surface area contributed by atoms with Gasteiger partial charge in [0.05, 0.1) is 6.10 Å². The molecule has 0 saturated carbocycles. The fourth-order valence-corrected chi connectivity index (χ4v) is 1.63. The van der Waals surface area contributed by atoms with E-state index in [4.69, 9.17) is 0 Å². The van der Waals surface area contributed by atoms with Crippen LogP contribution in [0.5, 0.6) is 0 Å². The highest BCUT2D eigenvalue weighted by molar-refractivity contribution is 5.79. The van der Waals surface area contributed by atoms with E-state index in [1.54, 1.807) is 0 Å². The molecular weight excluding hydrogens is 174 g/mol. The van der Waals surface area contributed by atoms with Gasteiger partial charge in [0.15, 0.2) is 0 Å². The van der Waals surface area contributed by atoms with Crippen molar-refractivity contribution in [3.05, 3.63) is 36.0 Å². The van der Waals surface area contributed by atoms with Crippen molar-refractivity contribution in [3.8, 4) is 0 Å². The molecule has 74 valence electrons. The lowest BCUT2D eigenvalue weighted by Crippen LogP contribution is -2.01. The summed E-state index contributed by atoms with van der Waals surface area (Å²) in [6, 6.07) is 8.45. The van der Waals surface area contributed by atoms with Gasteiger partial charge in [-0.2, -0.15) is 0 Å². The van der Waals surface area contributed by atoms with Gasteiger partial charge in [-0.15, -0.1) is 0 Å². The van der Waals surface area contributed by atoms with Crippen LogP contribution in [0.15, 0.2) is 30.5 Å². The standard InChI is InChI=1S/C12H15NO/c1-9(14)2-3-10-4-5-12-11(8-10)6-7-13-12/h4-9,13-14H,2-3H2,1H3. The van der Waals surface area contributed by atoms with Gasteiger partial charge in [0.2, 0.25) is 0 Å². The van der Waals surface area contributed by atoms with Crippen LogP contribution in [0, 0.1) is 0 Å². The lowest BCUT2D eigenvalue weighted by atomic mass is 10.1. The minimum atomic E-state index is -0.211. The van der Waals surface area contributed by atoms with E-state index in [1.165, 1.54) is 16.5 Å². The number of aliphatic hydroxyl groups excluding tert-OH is 1. The first-order valence-electron chi connectivity index (χ1n) is 5.00. The van der Waals surface area contributed by atoms with Crippen molar-refractivity contribution in [2.75, 3.05) is 0 Å². The number of H-pyrrole nitrogens is 1. The molecule has 2 N–H and O–H groups in total. The molecule has 0 fully saturated rings. The van der Waals surface area contributed by atoms with E-state index < -0.39 is 0 Å².